The number of halogens is 2. The predicted octanol–water partition coefficient (Wildman–Crippen LogP) is 2.76. The molecule has 8 heteroatoms. The van der Waals surface area contributed by atoms with E-state index in [1.54, 1.807) is 6.92 Å². The lowest BCUT2D eigenvalue weighted by Gasteiger charge is -2.17. The molecule has 27 heavy (non-hydrogen) atoms. The summed E-state index contributed by atoms with van der Waals surface area (Å²) in [7, 11) is 0. The van der Waals surface area contributed by atoms with Gasteiger partial charge in [-0.1, -0.05) is 30.3 Å². The van der Waals surface area contributed by atoms with Gasteiger partial charge in [0.1, 0.15) is 0 Å². The zero-order valence-corrected chi connectivity index (χ0v) is 15.1. The van der Waals surface area contributed by atoms with E-state index in [1.807, 2.05) is 30.3 Å². The second-order valence-electron chi connectivity index (χ2n) is 6.81. The number of hydrogen-bond donors (Lipinski definition) is 1. The number of carboxylic acid groups (broad SMARTS) is 1. The highest BCUT2D eigenvalue weighted by atomic mass is 19.3. The van der Waals surface area contributed by atoms with Crippen LogP contribution in [0.5, 0.6) is 0 Å². The summed E-state index contributed by atoms with van der Waals surface area (Å²) in [5.74, 6) is -2.21. The van der Waals surface area contributed by atoms with Crippen LogP contribution in [0.25, 0.3) is 0 Å². The maximum absolute atomic E-state index is 13.0. The quantitative estimate of drug-likeness (QED) is 0.869. The largest absolute Gasteiger partial charge is 0.481 e. The van der Waals surface area contributed by atoms with Crippen LogP contribution in [0.3, 0.4) is 0 Å². The number of nitrogens with zero attached hydrogens (tertiary/aromatic N) is 3. The van der Waals surface area contributed by atoms with Crippen molar-refractivity contribution < 1.29 is 23.5 Å². The summed E-state index contributed by atoms with van der Waals surface area (Å²) in [4.78, 5) is 25.9. The van der Waals surface area contributed by atoms with Crippen molar-refractivity contribution >= 4 is 11.9 Å². The second-order valence-corrected chi connectivity index (χ2v) is 6.81. The molecule has 1 fully saturated rings. The van der Waals surface area contributed by atoms with Crippen LogP contribution in [0.4, 0.5) is 8.78 Å². The molecule has 2 aromatic rings. The van der Waals surface area contributed by atoms with E-state index in [4.69, 9.17) is 0 Å². The van der Waals surface area contributed by atoms with Crippen molar-refractivity contribution in [3.05, 3.63) is 52.8 Å². The van der Waals surface area contributed by atoms with Crippen molar-refractivity contribution in [2.24, 2.45) is 5.92 Å². The molecule has 0 radical (unpaired) electrons. The van der Waals surface area contributed by atoms with Gasteiger partial charge in [-0.25, -0.2) is 4.68 Å². The summed E-state index contributed by atoms with van der Waals surface area (Å²) >= 11 is 0. The molecule has 0 spiro atoms. The molecule has 2 atom stereocenters. The van der Waals surface area contributed by atoms with Crippen molar-refractivity contribution in [3.8, 4) is 0 Å². The molecule has 1 aromatic heterocycles. The van der Waals surface area contributed by atoms with E-state index in [0.29, 0.717) is 22.5 Å². The van der Waals surface area contributed by atoms with Crippen molar-refractivity contribution in [1.29, 1.82) is 0 Å². The molecule has 1 aliphatic rings. The number of carbonyl (C=O) groups excluding carboxylic acids is 1. The van der Waals surface area contributed by atoms with Crippen LogP contribution in [0.2, 0.25) is 0 Å². The molecule has 0 bridgehead atoms. The predicted molar refractivity (Wildman–Crippen MR) is 93.5 cm³/mol. The molecule has 0 saturated carbocycles. The molecular weight excluding hydrogens is 356 g/mol. The minimum atomic E-state index is -2.77. The number of rotatable bonds is 5. The number of aromatic nitrogens is 2. The van der Waals surface area contributed by atoms with Gasteiger partial charge in [-0.2, -0.15) is 13.9 Å². The molecule has 0 aliphatic carbocycles. The molecule has 1 N–H and O–H groups in total. The number of aryl methyl sites for hydroxylation is 1. The van der Waals surface area contributed by atoms with E-state index in [1.165, 1.54) is 11.8 Å². The van der Waals surface area contributed by atoms with Crippen molar-refractivity contribution in [3.63, 3.8) is 0 Å². The topological polar surface area (TPSA) is 75.4 Å². The Balaban J connectivity index is 1.79. The van der Waals surface area contributed by atoms with Gasteiger partial charge in [0.2, 0.25) is 5.91 Å². The molecule has 1 aromatic carbocycles. The number of aliphatic carboxylic acids is 1. The van der Waals surface area contributed by atoms with Crippen LogP contribution in [0.15, 0.2) is 30.3 Å². The standard InChI is InChI=1S/C19H21F2N3O3/c1-11-14(12(2)24(22-11)19(20)21)8-17(25)23-9-15(16(10-23)18(26)27)13-6-4-3-5-7-13/h3-7,15-16,19H,8-10H2,1-2H3,(H,26,27)/t15-,16-/m0/s1. The molecule has 1 saturated heterocycles. The summed E-state index contributed by atoms with van der Waals surface area (Å²) in [6.45, 7) is 0.727. The molecule has 2 heterocycles. The number of carbonyl (C=O) groups is 2. The lowest BCUT2D eigenvalue weighted by Crippen LogP contribution is -2.31. The van der Waals surface area contributed by atoms with Gasteiger partial charge in [-0.15, -0.1) is 0 Å². The van der Waals surface area contributed by atoms with E-state index in [2.05, 4.69) is 5.10 Å². The van der Waals surface area contributed by atoms with Gasteiger partial charge in [0.05, 0.1) is 18.0 Å². The number of alkyl halides is 2. The molecule has 0 unspecified atom stereocenters. The van der Waals surface area contributed by atoms with Crippen LogP contribution >= 0.6 is 0 Å². The minimum Gasteiger partial charge on any atom is -0.481 e. The van der Waals surface area contributed by atoms with Gasteiger partial charge < -0.3 is 10.0 Å². The summed E-state index contributed by atoms with van der Waals surface area (Å²) in [6, 6.07) is 9.24. The van der Waals surface area contributed by atoms with Crippen molar-refractivity contribution in [1.82, 2.24) is 14.7 Å². The highest BCUT2D eigenvalue weighted by Gasteiger charge is 2.40. The van der Waals surface area contributed by atoms with E-state index in [0.717, 1.165) is 5.56 Å². The first-order valence-electron chi connectivity index (χ1n) is 8.67. The lowest BCUT2D eigenvalue weighted by molar-refractivity contribution is -0.141. The number of benzene rings is 1. The summed E-state index contributed by atoms with van der Waals surface area (Å²) < 4.78 is 26.6. The molecule has 3 rings (SSSR count). The molecule has 1 aliphatic heterocycles. The lowest BCUT2D eigenvalue weighted by atomic mass is 9.89. The average molecular weight is 377 g/mol. The van der Waals surface area contributed by atoms with Gasteiger partial charge in [0, 0.05) is 30.3 Å². The van der Waals surface area contributed by atoms with Gasteiger partial charge >= 0.3 is 12.5 Å². The average Bonchev–Trinajstić information content (AvgIpc) is 3.20. The van der Waals surface area contributed by atoms with E-state index < -0.39 is 18.4 Å². The monoisotopic (exact) mass is 377 g/mol. The third kappa shape index (κ3) is 3.70. The SMILES string of the molecule is Cc1nn(C(F)F)c(C)c1CC(=O)N1C[C@H](C(=O)O)[C@H](c2ccccc2)C1. The fourth-order valence-electron chi connectivity index (χ4n) is 3.70. The highest BCUT2D eigenvalue weighted by Crippen LogP contribution is 2.33. The van der Waals surface area contributed by atoms with Gasteiger partial charge in [0.25, 0.3) is 0 Å². The fraction of sp³-hybridized carbons (Fsp3) is 0.421. The molecule has 1 amide bonds. The normalized spacial score (nSPS) is 19.7. The number of likely N-dealkylation sites (tertiary alicyclic amines) is 1. The zero-order chi connectivity index (χ0) is 19.7. The highest BCUT2D eigenvalue weighted by molar-refractivity contribution is 5.82. The third-order valence-corrected chi connectivity index (χ3v) is 5.21. The Morgan fingerprint density at radius 3 is 2.44 bits per heavy atom. The summed E-state index contributed by atoms with van der Waals surface area (Å²) in [5, 5.41) is 13.3. The first kappa shape index (κ1) is 19.0. The first-order chi connectivity index (χ1) is 12.8. The second kappa shape index (κ2) is 7.46. The zero-order valence-electron chi connectivity index (χ0n) is 15.1. The van der Waals surface area contributed by atoms with E-state index >= 15 is 0 Å². The van der Waals surface area contributed by atoms with Gasteiger partial charge in [-0.3, -0.25) is 9.59 Å². The van der Waals surface area contributed by atoms with Crippen LogP contribution in [0, 0.1) is 19.8 Å². The van der Waals surface area contributed by atoms with E-state index in [-0.39, 0.29) is 30.5 Å². The third-order valence-electron chi connectivity index (χ3n) is 5.21. The maximum atomic E-state index is 13.0. The smallest absolute Gasteiger partial charge is 0.333 e. The Kier molecular flexibility index (Phi) is 5.25. The summed E-state index contributed by atoms with van der Waals surface area (Å²) in [5.41, 5.74) is 1.98. The molecular formula is C19H21F2N3O3. The Labute approximate surface area is 155 Å². The Morgan fingerprint density at radius 2 is 1.89 bits per heavy atom. The fourth-order valence-corrected chi connectivity index (χ4v) is 3.70. The Morgan fingerprint density at radius 1 is 1.22 bits per heavy atom. The number of amides is 1. The first-order valence-corrected chi connectivity index (χ1v) is 8.67. The van der Waals surface area contributed by atoms with Crippen molar-refractivity contribution in [2.75, 3.05) is 13.1 Å². The number of carboxylic acids is 1. The number of hydrogen-bond acceptors (Lipinski definition) is 3. The van der Waals surface area contributed by atoms with Crippen molar-refractivity contribution in [2.45, 2.75) is 32.7 Å². The van der Waals surface area contributed by atoms with Crippen LogP contribution in [-0.4, -0.2) is 44.8 Å². The Bertz CT molecular complexity index is 851. The van der Waals surface area contributed by atoms with Gasteiger partial charge in [-0.05, 0) is 19.4 Å². The van der Waals surface area contributed by atoms with Crippen LogP contribution in [-0.2, 0) is 16.0 Å². The molecule has 6 nitrogen and oxygen atoms in total. The maximum Gasteiger partial charge on any atom is 0.333 e. The van der Waals surface area contributed by atoms with Gasteiger partial charge in [0.15, 0.2) is 0 Å². The summed E-state index contributed by atoms with van der Waals surface area (Å²) in [6.07, 6.45) is -0.0712. The minimum absolute atomic E-state index is 0.0712. The Hall–Kier alpha value is -2.77. The van der Waals surface area contributed by atoms with Crippen LogP contribution < -0.4 is 0 Å². The molecule has 144 valence electrons. The van der Waals surface area contributed by atoms with Crippen LogP contribution in [0.1, 0.15) is 35.0 Å². The van der Waals surface area contributed by atoms with E-state index in [9.17, 15) is 23.5 Å².